The van der Waals surface area contributed by atoms with Crippen LogP contribution in [-0.4, -0.2) is 16.3 Å². The van der Waals surface area contributed by atoms with Crippen LogP contribution in [0.25, 0.3) is 0 Å². The van der Waals surface area contributed by atoms with Crippen LogP contribution < -0.4 is 10.9 Å². The zero-order chi connectivity index (χ0) is 13.0. The van der Waals surface area contributed by atoms with Crippen LogP contribution in [0.5, 0.6) is 0 Å². The first-order chi connectivity index (χ1) is 8.65. The van der Waals surface area contributed by atoms with E-state index in [1.165, 1.54) is 12.8 Å². The van der Waals surface area contributed by atoms with Crippen molar-refractivity contribution in [1.29, 1.82) is 0 Å². The highest BCUT2D eigenvalue weighted by Gasteiger charge is 2.20. The molecule has 1 aliphatic rings. The number of nitrogens with one attached hydrogen (secondary N) is 1. The second kappa shape index (κ2) is 6.03. The van der Waals surface area contributed by atoms with Crippen LogP contribution in [0.1, 0.15) is 39.5 Å². The van der Waals surface area contributed by atoms with Crippen LogP contribution in [0, 0.1) is 11.8 Å². The highest BCUT2D eigenvalue weighted by atomic mass is 16.1. The van der Waals surface area contributed by atoms with E-state index in [0.29, 0.717) is 5.92 Å². The molecule has 18 heavy (non-hydrogen) atoms. The Morgan fingerprint density at radius 2 is 2.28 bits per heavy atom. The maximum atomic E-state index is 11.8. The monoisotopic (exact) mass is 249 g/mol. The van der Waals surface area contributed by atoms with Gasteiger partial charge in [-0.25, -0.2) is 4.68 Å². The van der Waals surface area contributed by atoms with Crippen molar-refractivity contribution in [3.8, 4) is 0 Å². The lowest BCUT2D eigenvalue weighted by Gasteiger charge is -2.08. The molecule has 1 saturated carbocycles. The highest BCUT2D eigenvalue weighted by Crippen LogP contribution is 2.28. The maximum Gasteiger partial charge on any atom is 0.268 e. The van der Waals surface area contributed by atoms with Gasteiger partial charge < -0.3 is 5.32 Å². The third-order valence-electron chi connectivity index (χ3n) is 3.31. The summed E-state index contributed by atoms with van der Waals surface area (Å²) >= 11 is 0. The number of nitrogens with zero attached hydrogens (tertiary/aromatic N) is 2. The molecule has 0 aromatic carbocycles. The average molecular weight is 249 g/mol. The molecule has 1 aromatic heterocycles. The van der Waals surface area contributed by atoms with E-state index in [-0.39, 0.29) is 5.56 Å². The average Bonchev–Trinajstić information content (AvgIpc) is 3.12. The lowest BCUT2D eigenvalue weighted by Crippen LogP contribution is -2.23. The topological polar surface area (TPSA) is 46.9 Å². The van der Waals surface area contributed by atoms with Crippen molar-refractivity contribution < 1.29 is 0 Å². The number of aryl methyl sites for hydroxylation is 1. The molecule has 4 heteroatoms. The number of rotatable bonds is 7. The minimum atomic E-state index is -0.000414. The Morgan fingerprint density at radius 1 is 1.50 bits per heavy atom. The van der Waals surface area contributed by atoms with E-state index < -0.39 is 0 Å². The van der Waals surface area contributed by atoms with Gasteiger partial charge in [-0.3, -0.25) is 4.79 Å². The van der Waals surface area contributed by atoms with Crippen LogP contribution in [0.2, 0.25) is 0 Å². The Kier molecular flexibility index (Phi) is 4.39. The molecule has 1 aromatic rings. The van der Waals surface area contributed by atoms with E-state index in [2.05, 4.69) is 24.3 Å². The molecule has 0 atom stereocenters. The SMILES string of the molecule is CC(C)CCCn1ncc(NCC2CC2)cc1=O. The van der Waals surface area contributed by atoms with E-state index in [9.17, 15) is 4.79 Å². The van der Waals surface area contributed by atoms with Crippen molar-refractivity contribution in [2.45, 2.75) is 46.1 Å². The second-order valence-corrected chi connectivity index (χ2v) is 5.67. The minimum absolute atomic E-state index is 0.000414. The van der Waals surface area contributed by atoms with Crippen molar-refractivity contribution in [1.82, 2.24) is 9.78 Å². The Labute approximate surface area is 108 Å². The molecular weight excluding hydrogens is 226 g/mol. The highest BCUT2D eigenvalue weighted by molar-refractivity contribution is 5.38. The van der Waals surface area contributed by atoms with E-state index >= 15 is 0 Å². The van der Waals surface area contributed by atoms with Gasteiger partial charge in [0.15, 0.2) is 0 Å². The molecule has 0 unspecified atom stereocenters. The number of anilines is 1. The summed E-state index contributed by atoms with van der Waals surface area (Å²) in [6.45, 7) is 6.08. The van der Waals surface area contributed by atoms with Crippen molar-refractivity contribution in [3.63, 3.8) is 0 Å². The molecule has 1 aliphatic carbocycles. The van der Waals surface area contributed by atoms with Crippen molar-refractivity contribution in [2.75, 3.05) is 11.9 Å². The summed E-state index contributed by atoms with van der Waals surface area (Å²) in [4.78, 5) is 11.8. The quantitative estimate of drug-likeness (QED) is 0.807. The van der Waals surface area contributed by atoms with Gasteiger partial charge in [0.1, 0.15) is 0 Å². The third-order valence-corrected chi connectivity index (χ3v) is 3.31. The first-order valence-electron chi connectivity index (χ1n) is 6.96. The first kappa shape index (κ1) is 13.1. The van der Waals surface area contributed by atoms with Gasteiger partial charge in [0.25, 0.3) is 5.56 Å². The Hall–Kier alpha value is -1.32. The fourth-order valence-electron chi connectivity index (χ4n) is 1.93. The zero-order valence-corrected chi connectivity index (χ0v) is 11.4. The van der Waals surface area contributed by atoms with Gasteiger partial charge in [-0.1, -0.05) is 13.8 Å². The summed E-state index contributed by atoms with van der Waals surface area (Å²) in [7, 11) is 0. The standard InChI is InChI=1S/C14H23N3O/c1-11(2)4-3-7-17-14(18)8-13(10-16-17)15-9-12-5-6-12/h8,10-12,15H,3-7,9H2,1-2H3. The largest absolute Gasteiger partial charge is 0.383 e. The Bertz CT molecular complexity index is 435. The van der Waals surface area contributed by atoms with Crippen LogP contribution >= 0.6 is 0 Å². The van der Waals surface area contributed by atoms with E-state index in [4.69, 9.17) is 0 Å². The van der Waals surface area contributed by atoms with Gasteiger partial charge >= 0.3 is 0 Å². The van der Waals surface area contributed by atoms with Gasteiger partial charge in [-0.2, -0.15) is 5.10 Å². The molecule has 0 saturated heterocycles. The van der Waals surface area contributed by atoms with Crippen molar-refractivity contribution in [3.05, 3.63) is 22.6 Å². The van der Waals surface area contributed by atoms with Crippen molar-refractivity contribution in [2.24, 2.45) is 11.8 Å². The molecule has 4 nitrogen and oxygen atoms in total. The molecule has 0 aliphatic heterocycles. The lowest BCUT2D eigenvalue weighted by atomic mass is 10.1. The minimum Gasteiger partial charge on any atom is -0.383 e. The fraction of sp³-hybridized carbons (Fsp3) is 0.714. The van der Waals surface area contributed by atoms with Gasteiger partial charge in [0.2, 0.25) is 0 Å². The van der Waals surface area contributed by atoms with Crippen LogP contribution in [-0.2, 0) is 6.54 Å². The van der Waals surface area contributed by atoms with Crippen LogP contribution in [0.15, 0.2) is 17.1 Å². The van der Waals surface area contributed by atoms with Crippen LogP contribution in [0.3, 0.4) is 0 Å². The zero-order valence-electron chi connectivity index (χ0n) is 11.4. The smallest absolute Gasteiger partial charge is 0.268 e. The summed E-state index contributed by atoms with van der Waals surface area (Å²) in [6, 6.07) is 1.66. The molecule has 1 heterocycles. The van der Waals surface area contributed by atoms with Crippen molar-refractivity contribution >= 4 is 5.69 Å². The summed E-state index contributed by atoms with van der Waals surface area (Å²) < 4.78 is 1.56. The summed E-state index contributed by atoms with van der Waals surface area (Å²) in [6.07, 6.45) is 6.54. The lowest BCUT2D eigenvalue weighted by molar-refractivity contribution is 0.477. The molecule has 1 fully saturated rings. The van der Waals surface area contributed by atoms with E-state index in [0.717, 1.165) is 37.5 Å². The Morgan fingerprint density at radius 3 is 2.89 bits per heavy atom. The van der Waals surface area contributed by atoms with Crippen LogP contribution in [0.4, 0.5) is 5.69 Å². The fourth-order valence-corrected chi connectivity index (χ4v) is 1.93. The molecule has 0 amide bonds. The normalized spacial score (nSPS) is 15.1. The Balaban J connectivity index is 1.85. The predicted molar refractivity (Wildman–Crippen MR) is 73.8 cm³/mol. The third kappa shape index (κ3) is 4.17. The molecule has 1 N–H and O–H groups in total. The van der Waals surface area contributed by atoms with E-state index in [1.54, 1.807) is 16.9 Å². The molecular formula is C14H23N3O. The second-order valence-electron chi connectivity index (χ2n) is 5.67. The first-order valence-corrected chi connectivity index (χ1v) is 6.96. The molecule has 0 radical (unpaired) electrons. The molecule has 0 spiro atoms. The maximum absolute atomic E-state index is 11.8. The summed E-state index contributed by atoms with van der Waals surface area (Å²) in [5.74, 6) is 1.48. The number of hydrogen-bond acceptors (Lipinski definition) is 3. The summed E-state index contributed by atoms with van der Waals surface area (Å²) in [5.41, 5.74) is 0.853. The number of aromatic nitrogens is 2. The molecule has 0 bridgehead atoms. The van der Waals surface area contributed by atoms with Gasteiger partial charge in [-0.05, 0) is 37.5 Å². The molecule has 2 rings (SSSR count). The molecule has 100 valence electrons. The number of hydrogen-bond donors (Lipinski definition) is 1. The van der Waals surface area contributed by atoms with Gasteiger partial charge in [0.05, 0.1) is 11.9 Å². The summed E-state index contributed by atoms with van der Waals surface area (Å²) in [5, 5.41) is 7.49. The predicted octanol–water partition coefficient (Wildman–Crippen LogP) is 2.50. The van der Waals surface area contributed by atoms with Gasteiger partial charge in [0, 0.05) is 19.2 Å². The van der Waals surface area contributed by atoms with Gasteiger partial charge in [-0.15, -0.1) is 0 Å². The van der Waals surface area contributed by atoms with E-state index in [1.807, 2.05) is 0 Å².